The fraction of sp³-hybridized carbons (Fsp3) is 0.375. The minimum atomic E-state index is 1.12. The quantitative estimate of drug-likeness (QED) is 0.521. The van der Waals surface area contributed by atoms with E-state index < -0.39 is 0 Å². The number of hydrogen-bond donors (Lipinski definition) is 0. The van der Waals surface area contributed by atoms with Crippen LogP contribution in [0.4, 0.5) is 0 Å². The first kappa shape index (κ1) is 7.32. The zero-order chi connectivity index (χ0) is 7.56. The highest BCUT2D eigenvalue weighted by molar-refractivity contribution is 6.51. The molecule has 0 amide bonds. The molecular weight excluding hydrogens is 121 g/mol. The Kier molecular flexibility index (Phi) is 2.10. The first-order valence-corrected chi connectivity index (χ1v) is 3.46. The molecule has 0 saturated carbocycles. The molecule has 0 unspecified atom stereocenters. The van der Waals surface area contributed by atoms with Gasteiger partial charge in [0.05, 0.1) is 0 Å². The Morgan fingerprint density at radius 1 is 1.40 bits per heavy atom. The van der Waals surface area contributed by atoms with E-state index in [2.05, 4.69) is 25.3 Å². The molecule has 0 fully saturated rings. The highest BCUT2D eigenvalue weighted by Crippen LogP contribution is 1.97. The zero-order valence-electron chi connectivity index (χ0n) is 6.68. The number of pyridine rings is 1. The Hall–Kier alpha value is -0.785. The van der Waals surface area contributed by atoms with Gasteiger partial charge in [-0.05, 0) is 19.4 Å². The molecule has 1 heterocycles. The lowest BCUT2D eigenvalue weighted by Gasteiger charge is -1.99. The zero-order valence-corrected chi connectivity index (χ0v) is 6.68. The van der Waals surface area contributed by atoms with Crippen molar-refractivity contribution in [3.8, 4) is 0 Å². The van der Waals surface area contributed by atoms with Gasteiger partial charge in [-0.25, -0.2) is 0 Å². The maximum Gasteiger partial charge on any atom is 0.150 e. The molecule has 0 aliphatic rings. The Morgan fingerprint density at radius 3 is 2.60 bits per heavy atom. The van der Waals surface area contributed by atoms with E-state index in [0.717, 1.165) is 5.69 Å². The molecule has 51 valence electrons. The van der Waals surface area contributed by atoms with E-state index in [4.69, 9.17) is 0 Å². The average molecular weight is 132 g/mol. The molecule has 1 aromatic rings. The lowest BCUT2D eigenvalue weighted by molar-refractivity contribution is 1.16. The maximum absolute atomic E-state index is 4.22. The number of hydrogen-bond acceptors (Lipinski definition) is 1. The van der Waals surface area contributed by atoms with Gasteiger partial charge in [0, 0.05) is 11.9 Å². The highest BCUT2D eigenvalue weighted by atomic mass is 14.7. The SMILES string of the molecule is C[B]c1cnc(C)c(C)c1. The van der Waals surface area contributed by atoms with Gasteiger partial charge in [-0.2, -0.15) is 0 Å². The van der Waals surface area contributed by atoms with Crippen LogP contribution in [0.25, 0.3) is 0 Å². The van der Waals surface area contributed by atoms with Crippen molar-refractivity contribution in [3.63, 3.8) is 0 Å². The summed E-state index contributed by atoms with van der Waals surface area (Å²) in [5, 5.41) is 0. The lowest BCUT2D eigenvalue weighted by atomic mass is 9.74. The summed E-state index contributed by atoms with van der Waals surface area (Å²) in [6.45, 7) is 6.12. The predicted molar refractivity (Wildman–Crippen MR) is 45.0 cm³/mol. The van der Waals surface area contributed by atoms with Gasteiger partial charge in [0.1, 0.15) is 7.28 Å². The molecule has 0 N–H and O–H groups in total. The fourth-order valence-corrected chi connectivity index (χ4v) is 0.823. The van der Waals surface area contributed by atoms with Crippen LogP contribution in [-0.2, 0) is 0 Å². The molecule has 0 aliphatic heterocycles. The Bertz CT molecular complexity index is 233. The summed E-state index contributed by atoms with van der Waals surface area (Å²) in [6, 6.07) is 2.14. The molecule has 0 bridgehead atoms. The van der Waals surface area contributed by atoms with Gasteiger partial charge in [0.2, 0.25) is 0 Å². The second-order valence-electron chi connectivity index (χ2n) is 2.46. The van der Waals surface area contributed by atoms with Gasteiger partial charge in [0.25, 0.3) is 0 Å². The van der Waals surface area contributed by atoms with Crippen molar-refractivity contribution in [3.05, 3.63) is 23.5 Å². The van der Waals surface area contributed by atoms with Crippen molar-refractivity contribution in [2.45, 2.75) is 20.7 Å². The average Bonchev–Trinajstić information content (AvgIpc) is 1.95. The van der Waals surface area contributed by atoms with Crippen LogP contribution in [0.2, 0.25) is 6.82 Å². The first-order valence-electron chi connectivity index (χ1n) is 3.46. The van der Waals surface area contributed by atoms with Crippen molar-refractivity contribution in [1.29, 1.82) is 0 Å². The van der Waals surface area contributed by atoms with Crippen LogP contribution in [0.5, 0.6) is 0 Å². The molecule has 1 rings (SSSR count). The molecule has 1 aromatic heterocycles. The van der Waals surface area contributed by atoms with Crippen molar-refractivity contribution in [2.75, 3.05) is 0 Å². The minimum Gasteiger partial charge on any atom is -0.262 e. The second-order valence-corrected chi connectivity index (χ2v) is 2.46. The van der Waals surface area contributed by atoms with Crippen LogP contribution in [-0.4, -0.2) is 12.3 Å². The minimum absolute atomic E-state index is 1.12. The van der Waals surface area contributed by atoms with Crippen molar-refractivity contribution in [2.24, 2.45) is 0 Å². The third-order valence-electron chi connectivity index (χ3n) is 1.69. The van der Waals surface area contributed by atoms with Crippen LogP contribution in [0.1, 0.15) is 11.3 Å². The summed E-state index contributed by atoms with van der Waals surface area (Å²) in [5.74, 6) is 0. The molecule has 10 heavy (non-hydrogen) atoms. The van der Waals surface area contributed by atoms with Gasteiger partial charge in [-0.3, -0.25) is 4.98 Å². The van der Waals surface area contributed by atoms with Gasteiger partial charge in [-0.15, -0.1) is 0 Å². The molecular formula is C8H11BN. The summed E-state index contributed by atoms with van der Waals surface area (Å²) < 4.78 is 0. The standard InChI is InChI=1S/C8H11BN/c1-6-4-8(9-3)5-10-7(6)2/h4-5H,1-3H3. The lowest BCUT2D eigenvalue weighted by Crippen LogP contribution is -2.12. The maximum atomic E-state index is 4.22. The number of aryl methyl sites for hydroxylation is 2. The second kappa shape index (κ2) is 2.87. The third-order valence-corrected chi connectivity index (χ3v) is 1.69. The van der Waals surface area contributed by atoms with E-state index in [9.17, 15) is 0 Å². The molecule has 1 nitrogen and oxygen atoms in total. The topological polar surface area (TPSA) is 12.9 Å². The third kappa shape index (κ3) is 1.38. The Morgan fingerprint density at radius 2 is 2.10 bits per heavy atom. The molecule has 0 saturated heterocycles. The summed E-state index contributed by atoms with van der Waals surface area (Å²) in [5.41, 5.74) is 3.57. The van der Waals surface area contributed by atoms with Crippen LogP contribution < -0.4 is 5.46 Å². The van der Waals surface area contributed by atoms with Crippen molar-refractivity contribution < 1.29 is 0 Å². The Labute approximate surface area is 62.7 Å². The summed E-state index contributed by atoms with van der Waals surface area (Å²) in [7, 11) is 2.06. The summed E-state index contributed by atoms with van der Waals surface area (Å²) in [4.78, 5) is 4.22. The number of nitrogens with zero attached hydrogens (tertiary/aromatic N) is 1. The monoisotopic (exact) mass is 132 g/mol. The molecule has 0 spiro atoms. The van der Waals surface area contributed by atoms with Gasteiger partial charge >= 0.3 is 0 Å². The molecule has 2 heteroatoms. The van der Waals surface area contributed by atoms with E-state index in [1.54, 1.807) is 0 Å². The van der Waals surface area contributed by atoms with Gasteiger partial charge < -0.3 is 0 Å². The summed E-state index contributed by atoms with van der Waals surface area (Å²) >= 11 is 0. The van der Waals surface area contributed by atoms with Crippen LogP contribution in [0.15, 0.2) is 12.3 Å². The predicted octanol–water partition coefficient (Wildman–Crippen LogP) is 1.08. The van der Waals surface area contributed by atoms with Gasteiger partial charge in [0.15, 0.2) is 0 Å². The molecule has 0 aliphatic carbocycles. The molecule has 0 aromatic carbocycles. The van der Waals surface area contributed by atoms with Crippen molar-refractivity contribution >= 4 is 12.7 Å². The largest absolute Gasteiger partial charge is 0.262 e. The van der Waals surface area contributed by atoms with E-state index in [1.807, 2.05) is 19.9 Å². The fourth-order valence-electron chi connectivity index (χ4n) is 0.823. The number of aromatic nitrogens is 1. The van der Waals surface area contributed by atoms with Gasteiger partial charge in [-0.1, -0.05) is 18.4 Å². The number of rotatable bonds is 1. The molecule has 0 atom stereocenters. The Balaban J connectivity index is 3.04. The smallest absolute Gasteiger partial charge is 0.150 e. The first-order chi connectivity index (χ1) is 4.74. The van der Waals surface area contributed by atoms with Crippen LogP contribution in [0.3, 0.4) is 0 Å². The highest BCUT2D eigenvalue weighted by Gasteiger charge is 1.94. The van der Waals surface area contributed by atoms with E-state index in [1.165, 1.54) is 11.0 Å². The van der Waals surface area contributed by atoms with Crippen LogP contribution >= 0.6 is 0 Å². The van der Waals surface area contributed by atoms with E-state index in [-0.39, 0.29) is 0 Å². The van der Waals surface area contributed by atoms with Crippen LogP contribution in [0, 0.1) is 13.8 Å². The van der Waals surface area contributed by atoms with Crippen molar-refractivity contribution in [1.82, 2.24) is 4.98 Å². The normalized spacial score (nSPS) is 9.50. The van der Waals surface area contributed by atoms with E-state index in [0.29, 0.717) is 0 Å². The van der Waals surface area contributed by atoms with E-state index >= 15 is 0 Å². The molecule has 1 radical (unpaired) electrons. The summed E-state index contributed by atoms with van der Waals surface area (Å²) in [6.07, 6.45) is 1.89.